The predicted octanol–water partition coefficient (Wildman–Crippen LogP) is 2.20. The van der Waals surface area contributed by atoms with Crippen LogP contribution in [0.2, 0.25) is 0 Å². The van der Waals surface area contributed by atoms with Crippen LogP contribution >= 0.6 is 0 Å². The highest BCUT2D eigenvalue weighted by Crippen LogP contribution is 2.18. The summed E-state index contributed by atoms with van der Waals surface area (Å²) >= 11 is 0. The molecule has 3 nitrogen and oxygen atoms in total. The van der Waals surface area contributed by atoms with Gasteiger partial charge < -0.3 is 10.2 Å². The Balaban J connectivity index is 2.65. The molecule has 88 valence electrons. The van der Waals surface area contributed by atoms with Gasteiger partial charge in [0.2, 0.25) is 0 Å². The van der Waals surface area contributed by atoms with Crippen LogP contribution in [-0.4, -0.2) is 25.6 Å². The van der Waals surface area contributed by atoms with E-state index in [1.54, 1.807) is 0 Å². The van der Waals surface area contributed by atoms with Crippen LogP contribution in [0.5, 0.6) is 0 Å². The highest BCUT2D eigenvalue weighted by Gasteiger charge is 2.05. The zero-order chi connectivity index (χ0) is 11.8. The summed E-state index contributed by atoms with van der Waals surface area (Å²) < 4.78 is 0. The summed E-state index contributed by atoms with van der Waals surface area (Å²) in [6.45, 7) is 5.64. The number of pyridine rings is 1. The van der Waals surface area contributed by atoms with Gasteiger partial charge in [0.05, 0.1) is 0 Å². The fourth-order valence-electron chi connectivity index (χ4n) is 1.71. The van der Waals surface area contributed by atoms with Crippen LogP contribution in [0, 0.1) is 0 Å². The molecule has 0 aromatic carbocycles. The number of hydrogen-bond donors (Lipinski definition) is 1. The van der Waals surface area contributed by atoms with Gasteiger partial charge in [-0.2, -0.15) is 0 Å². The third kappa shape index (κ3) is 3.66. The van der Waals surface area contributed by atoms with Crippen LogP contribution in [0.3, 0.4) is 0 Å². The lowest BCUT2D eigenvalue weighted by molar-refractivity contribution is 0.775. The fourth-order valence-corrected chi connectivity index (χ4v) is 1.71. The average molecular weight is 219 g/mol. The lowest BCUT2D eigenvalue weighted by Crippen LogP contribution is -2.21. The second kappa shape index (κ2) is 7.01. The number of anilines is 1. The first kappa shape index (κ1) is 12.7. The highest BCUT2D eigenvalue weighted by molar-refractivity contribution is 5.51. The quantitative estimate of drug-likeness (QED) is 0.563. The van der Waals surface area contributed by atoms with Crippen molar-refractivity contribution < 1.29 is 0 Å². The number of rotatable bonds is 7. The molecule has 0 aliphatic heterocycles. The Morgan fingerprint density at radius 2 is 2.38 bits per heavy atom. The van der Waals surface area contributed by atoms with Crippen LogP contribution in [0.25, 0.3) is 0 Å². The molecule has 0 radical (unpaired) electrons. The van der Waals surface area contributed by atoms with E-state index in [9.17, 15) is 0 Å². The van der Waals surface area contributed by atoms with Gasteiger partial charge in [0.15, 0.2) is 0 Å². The van der Waals surface area contributed by atoms with Crippen molar-refractivity contribution in [1.82, 2.24) is 10.3 Å². The van der Waals surface area contributed by atoms with Crippen molar-refractivity contribution in [2.75, 3.05) is 25.5 Å². The van der Waals surface area contributed by atoms with E-state index in [-0.39, 0.29) is 0 Å². The summed E-state index contributed by atoms with van der Waals surface area (Å²) in [5.74, 6) is 0. The summed E-state index contributed by atoms with van der Waals surface area (Å²) in [4.78, 5) is 6.44. The lowest BCUT2D eigenvalue weighted by atomic mass is 10.2. The van der Waals surface area contributed by atoms with Crippen molar-refractivity contribution in [3.05, 3.63) is 36.7 Å². The van der Waals surface area contributed by atoms with Gasteiger partial charge >= 0.3 is 0 Å². The SMILES string of the molecule is C=CCCCN(C)c1ccncc1CNC. The molecule has 0 saturated carbocycles. The summed E-state index contributed by atoms with van der Waals surface area (Å²) in [5.41, 5.74) is 2.50. The second-order valence-electron chi connectivity index (χ2n) is 3.89. The van der Waals surface area contributed by atoms with E-state index in [0.717, 1.165) is 25.9 Å². The van der Waals surface area contributed by atoms with Crippen LogP contribution in [0.15, 0.2) is 31.1 Å². The van der Waals surface area contributed by atoms with Gasteiger partial charge in [-0.1, -0.05) is 6.08 Å². The second-order valence-corrected chi connectivity index (χ2v) is 3.89. The molecule has 1 heterocycles. The third-order valence-corrected chi connectivity index (χ3v) is 2.56. The van der Waals surface area contributed by atoms with E-state index in [4.69, 9.17) is 0 Å². The Bertz CT molecular complexity index is 323. The molecule has 0 saturated heterocycles. The molecular formula is C13H21N3. The number of hydrogen-bond acceptors (Lipinski definition) is 3. The lowest BCUT2D eigenvalue weighted by Gasteiger charge is -2.21. The first-order valence-electron chi connectivity index (χ1n) is 5.69. The standard InChI is InChI=1S/C13H21N3/c1-4-5-6-9-16(3)13-7-8-15-11-12(13)10-14-2/h4,7-8,11,14H,1,5-6,9-10H2,2-3H3. The van der Waals surface area contributed by atoms with Crippen molar-refractivity contribution in [2.45, 2.75) is 19.4 Å². The minimum Gasteiger partial charge on any atom is -0.374 e. The Hall–Kier alpha value is -1.35. The van der Waals surface area contributed by atoms with E-state index < -0.39 is 0 Å². The Labute approximate surface area is 98.2 Å². The number of unbranched alkanes of at least 4 members (excludes halogenated alkanes) is 1. The largest absolute Gasteiger partial charge is 0.374 e. The van der Waals surface area contributed by atoms with Gasteiger partial charge in [0, 0.05) is 43.8 Å². The predicted molar refractivity (Wildman–Crippen MR) is 69.7 cm³/mol. The molecular weight excluding hydrogens is 198 g/mol. The molecule has 0 unspecified atom stereocenters. The molecule has 0 bridgehead atoms. The van der Waals surface area contributed by atoms with Crippen molar-refractivity contribution in [3.63, 3.8) is 0 Å². The molecule has 3 heteroatoms. The first-order chi connectivity index (χ1) is 7.79. The summed E-state index contributed by atoms with van der Waals surface area (Å²) in [6, 6.07) is 2.07. The van der Waals surface area contributed by atoms with Gasteiger partial charge in [-0.05, 0) is 26.0 Å². The maximum atomic E-state index is 4.16. The van der Waals surface area contributed by atoms with E-state index in [0.29, 0.717) is 0 Å². The molecule has 0 aliphatic carbocycles. The normalized spacial score (nSPS) is 10.1. The number of nitrogens with one attached hydrogen (secondary N) is 1. The fraction of sp³-hybridized carbons (Fsp3) is 0.462. The molecule has 0 aliphatic rings. The van der Waals surface area contributed by atoms with E-state index in [1.165, 1.54) is 11.3 Å². The molecule has 16 heavy (non-hydrogen) atoms. The molecule has 1 rings (SSSR count). The molecule has 0 spiro atoms. The Kier molecular flexibility index (Phi) is 5.57. The van der Waals surface area contributed by atoms with Gasteiger partial charge in [-0.3, -0.25) is 4.98 Å². The molecule has 1 aromatic heterocycles. The summed E-state index contributed by atoms with van der Waals surface area (Å²) in [5, 5.41) is 3.16. The van der Waals surface area contributed by atoms with Crippen molar-refractivity contribution in [2.24, 2.45) is 0 Å². The molecule has 1 N–H and O–H groups in total. The number of allylic oxidation sites excluding steroid dienone is 1. The summed E-state index contributed by atoms with van der Waals surface area (Å²) in [6.07, 6.45) is 7.95. The van der Waals surface area contributed by atoms with E-state index in [2.05, 4.69) is 34.9 Å². The topological polar surface area (TPSA) is 28.2 Å². The minimum absolute atomic E-state index is 0.856. The van der Waals surface area contributed by atoms with Crippen LogP contribution in [0.4, 0.5) is 5.69 Å². The monoisotopic (exact) mass is 219 g/mol. The number of nitrogens with zero attached hydrogens (tertiary/aromatic N) is 2. The van der Waals surface area contributed by atoms with Crippen LogP contribution in [-0.2, 0) is 6.54 Å². The molecule has 1 aromatic rings. The molecule has 0 amide bonds. The zero-order valence-corrected chi connectivity index (χ0v) is 10.2. The van der Waals surface area contributed by atoms with Crippen LogP contribution in [0.1, 0.15) is 18.4 Å². The zero-order valence-electron chi connectivity index (χ0n) is 10.2. The van der Waals surface area contributed by atoms with Crippen molar-refractivity contribution >= 4 is 5.69 Å². The maximum absolute atomic E-state index is 4.16. The third-order valence-electron chi connectivity index (χ3n) is 2.56. The van der Waals surface area contributed by atoms with Gasteiger partial charge in [-0.15, -0.1) is 6.58 Å². The minimum atomic E-state index is 0.856. The van der Waals surface area contributed by atoms with E-state index in [1.807, 2.05) is 25.5 Å². The highest BCUT2D eigenvalue weighted by atomic mass is 15.1. The van der Waals surface area contributed by atoms with E-state index >= 15 is 0 Å². The van der Waals surface area contributed by atoms with Crippen molar-refractivity contribution in [1.29, 1.82) is 0 Å². The summed E-state index contributed by atoms with van der Waals surface area (Å²) in [7, 11) is 4.08. The van der Waals surface area contributed by atoms with Gasteiger partial charge in [0.1, 0.15) is 0 Å². The Morgan fingerprint density at radius 3 is 3.06 bits per heavy atom. The molecule has 0 fully saturated rings. The Morgan fingerprint density at radius 1 is 1.56 bits per heavy atom. The average Bonchev–Trinajstić information content (AvgIpc) is 2.30. The maximum Gasteiger partial charge on any atom is 0.0440 e. The van der Waals surface area contributed by atoms with Crippen LogP contribution < -0.4 is 10.2 Å². The number of aromatic nitrogens is 1. The van der Waals surface area contributed by atoms with Crippen molar-refractivity contribution in [3.8, 4) is 0 Å². The van der Waals surface area contributed by atoms with Gasteiger partial charge in [0.25, 0.3) is 0 Å². The molecule has 0 atom stereocenters. The first-order valence-corrected chi connectivity index (χ1v) is 5.69. The van der Waals surface area contributed by atoms with Gasteiger partial charge in [-0.25, -0.2) is 0 Å². The smallest absolute Gasteiger partial charge is 0.0440 e.